The highest BCUT2D eigenvalue weighted by Gasteiger charge is 2.17. The third-order valence-electron chi connectivity index (χ3n) is 7.21. The Morgan fingerprint density at radius 1 is 0.395 bits per heavy atom. The minimum Gasteiger partial charge on any atom is -0.355 e. The van der Waals surface area contributed by atoms with Gasteiger partial charge in [0.1, 0.15) is 0 Å². The first kappa shape index (κ1) is 22.1. The molecule has 0 amide bonds. The second kappa shape index (κ2) is 9.42. The van der Waals surface area contributed by atoms with Crippen molar-refractivity contribution >= 4 is 38.9 Å². The van der Waals surface area contributed by atoms with Crippen LogP contribution < -0.4 is 4.90 Å². The minimum atomic E-state index is 1.12. The van der Waals surface area contributed by atoms with Crippen molar-refractivity contribution < 1.29 is 0 Å². The summed E-state index contributed by atoms with van der Waals surface area (Å²) in [5.41, 5.74) is 10.5. The lowest BCUT2D eigenvalue weighted by Gasteiger charge is -2.28. The van der Waals surface area contributed by atoms with Gasteiger partial charge >= 0.3 is 0 Å². The van der Waals surface area contributed by atoms with Gasteiger partial charge in [-0.15, -0.1) is 0 Å². The molecule has 0 bridgehead atoms. The fraction of sp³-hybridized carbons (Fsp3) is 0. The Kier molecular flexibility index (Phi) is 5.49. The topological polar surface area (TPSA) is 19.0 Å². The molecule has 0 fully saturated rings. The Hall–Kier alpha value is -5.08. The van der Waals surface area contributed by atoms with E-state index in [2.05, 4.69) is 162 Å². The Bertz CT molecular complexity index is 1850. The molecule has 1 heterocycles. The van der Waals surface area contributed by atoms with Gasteiger partial charge < -0.3 is 9.88 Å². The smallest absolute Gasteiger partial charge is 0.0540 e. The maximum absolute atomic E-state index is 3.55. The number of aromatic nitrogens is 1. The maximum atomic E-state index is 3.55. The molecule has 0 aliphatic carbocycles. The summed E-state index contributed by atoms with van der Waals surface area (Å²) in [6.07, 6.45) is 0. The van der Waals surface area contributed by atoms with E-state index < -0.39 is 0 Å². The van der Waals surface area contributed by atoms with Crippen molar-refractivity contribution in [3.63, 3.8) is 0 Å². The summed E-state index contributed by atoms with van der Waals surface area (Å²) in [5.74, 6) is 0. The van der Waals surface area contributed by atoms with Crippen LogP contribution in [0.5, 0.6) is 0 Å². The molecule has 0 saturated heterocycles. The van der Waals surface area contributed by atoms with Gasteiger partial charge in [0.25, 0.3) is 0 Å². The molecule has 7 rings (SSSR count). The highest BCUT2D eigenvalue weighted by Crippen LogP contribution is 2.42. The molecule has 0 radical (unpaired) electrons. The first-order valence-electron chi connectivity index (χ1n) is 13.0. The zero-order valence-corrected chi connectivity index (χ0v) is 20.9. The highest BCUT2D eigenvalue weighted by molar-refractivity contribution is 6.09. The number of hydrogen-bond acceptors (Lipinski definition) is 1. The molecule has 0 spiro atoms. The summed E-state index contributed by atoms with van der Waals surface area (Å²) >= 11 is 0. The summed E-state index contributed by atoms with van der Waals surface area (Å²) in [7, 11) is 0. The zero-order valence-electron chi connectivity index (χ0n) is 20.9. The standard InChI is InChI=1S/C36H26N2/c1-3-11-26(12-4-1)27-19-22-30(23-20-27)38(29-13-5-2-6-14-29)36-18-10-8-15-31(36)28-21-24-35-33(25-28)32-16-7-9-17-34(32)37-35/h1-25,37H. The van der Waals surface area contributed by atoms with Gasteiger partial charge in [0, 0.05) is 38.7 Å². The van der Waals surface area contributed by atoms with E-state index in [1.54, 1.807) is 0 Å². The number of anilines is 3. The summed E-state index contributed by atoms with van der Waals surface area (Å²) in [6, 6.07) is 53.9. The van der Waals surface area contributed by atoms with Gasteiger partial charge in [-0.1, -0.05) is 103 Å². The summed E-state index contributed by atoms with van der Waals surface area (Å²) in [5, 5.41) is 2.49. The average Bonchev–Trinajstić information content (AvgIpc) is 3.37. The first-order valence-corrected chi connectivity index (χ1v) is 13.0. The molecule has 6 aromatic carbocycles. The van der Waals surface area contributed by atoms with Gasteiger partial charge in [-0.2, -0.15) is 0 Å². The molecule has 0 unspecified atom stereocenters. The van der Waals surface area contributed by atoms with Crippen LogP contribution in [0.2, 0.25) is 0 Å². The van der Waals surface area contributed by atoms with Crippen molar-refractivity contribution in [2.24, 2.45) is 0 Å². The van der Waals surface area contributed by atoms with Gasteiger partial charge in [0.05, 0.1) is 5.69 Å². The van der Waals surface area contributed by atoms with Crippen LogP contribution in [-0.2, 0) is 0 Å². The predicted octanol–water partition coefficient (Wildman–Crippen LogP) is 10.1. The minimum absolute atomic E-state index is 1.12. The van der Waals surface area contributed by atoms with E-state index in [0.29, 0.717) is 0 Å². The van der Waals surface area contributed by atoms with Crippen molar-refractivity contribution in [1.29, 1.82) is 0 Å². The lowest BCUT2D eigenvalue weighted by molar-refractivity contribution is 1.28. The molecule has 2 nitrogen and oxygen atoms in total. The second-order valence-electron chi connectivity index (χ2n) is 9.53. The van der Waals surface area contributed by atoms with Crippen LogP contribution in [0.4, 0.5) is 17.1 Å². The number of nitrogens with zero attached hydrogens (tertiary/aromatic N) is 1. The van der Waals surface area contributed by atoms with Gasteiger partial charge in [-0.25, -0.2) is 0 Å². The van der Waals surface area contributed by atoms with E-state index in [-0.39, 0.29) is 0 Å². The van der Waals surface area contributed by atoms with Gasteiger partial charge in [0.15, 0.2) is 0 Å². The number of aromatic amines is 1. The molecule has 0 aliphatic rings. The van der Waals surface area contributed by atoms with Crippen LogP contribution in [0, 0.1) is 0 Å². The number of nitrogens with one attached hydrogen (secondary N) is 1. The number of para-hydroxylation sites is 3. The Morgan fingerprint density at radius 3 is 1.79 bits per heavy atom. The van der Waals surface area contributed by atoms with E-state index in [1.165, 1.54) is 33.0 Å². The number of H-pyrrole nitrogens is 1. The lowest BCUT2D eigenvalue weighted by Crippen LogP contribution is -2.11. The normalized spacial score (nSPS) is 11.2. The summed E-state index contributed by atoms with van der Waals surface area (Å²) < 4.78 is 0. The molecule has 0 saturated carbocycles. The van der Waals surface area contributed by atoms with Crippen LogP contribution >= 0.6 is 0 Å². The van der Waals surface area contributed by atoms with E-state index in [9.17, 15) is 0 Å². The monoisotopic (exact) mass is 486 g/mol. The van der Waals surface area contributed by atoms with Crippen molar-refractivity contribution in [3.05, 3.63) is 152 Å². The van der Waals surface area contributed by atoms with E-state index in [4.69, 9.17) is 0 Å². The Balaban J connectivity index is 1.38. The second-order valence-corrected chi connectivity index (χ2v) is 9.53. The molecule has 180 valence electrons. The molecule has 7 aromatic rings. The Morgan fingerprint density at radius 2 is 0.974 bits per heavy atom. The number of benzene rings is 6. The number of hydrogen-bond donors (Lipinski definition) is 1. The van der Waals surface area contributed by atoms with Crippen molar-refractivity contribution in [2.75, 3.05) is 4.90 Å². The van der Waals surface area contributed by atoms with Crippen LogP contribution in [-0.4, -0.2) is 4.98 Å². The Labute approximate surface area is 222 Å². The highest BCUT2D eigenvalue weighted by atomic mass is 15.1. The van der Waals surface area contributed by atoms with Crippen molar-refractivity contribution in [2.45, 2.75) is 0 Å². The molecule has 0 atom stereocenters. The van der Waals surface area contributed by atoms with Gasteiger partial charge in [-0.05, 0) is 65.2 Å². The van der Waals surface area contributed by atoms with Crippen LogP contribution in [0.1, 0.15) is 0 Å². The number of fused-ring (bicyclic) bond motifs is 3. The fourth-order valence-corrected chi connectivity index (χ4v) is 5.37. The molecule has 2 heteroatoms. The van der Waals surface area contributed by atoms with Crippen LogP contribution in [0.3, 0.4) is 0 Å². The summed E-state index contributed by atoms with van der Waals surface area (Å²) in [6.45, 7) is 0. The van der Waals surface area contributed by atoms with Gasteiger partial charge in [0.2, 0.25) is 0 Å². The molecular formula is C36H26N2. The first-order chi connectivity index (χ1) is 18.8. The number of rotatable bonds is 5. The SMILES string of the molecule is c1ccc(-c2ccc(N(c3ccccc3)c3ccccc3-c3ccc4[nH]c5ccccc5c4c3)cc2)cc1. The quantitative estimate of drug-likeness (QED) is 0.256. The zero-order chi connectivity index (χ0) is 25.3. The van der Waals surface area contributed by atoms with Crippen molar-refractivity contribution in [1.82, 2.24) is 4.98 Å². The fourth-order valence-electron chi connectivity index (χ4n) is 5.37. The molecule has 1 N–H and O–H groups in total. The predicted molar refractivity (Wildman–Crippen MR) is 161 cm³/mol. The van der Waals surface area contributed by atoms with E-state index in [1.807, 2.05) is 0 Å². The van der Waals surface area contributed by atoms with Crippen LogP contribution in [0.25, 0.3) is 44.1 Å². The molecule has 1 aromatic heterocycles. The van der Waals surface area contributed by atoms with E-state index in [0.717, 1.165) is 28.1 Å². The summed E-state index contributed by atoms with van der Waals surface area (Å²) in [4.78, 5) is 5.90. The third kappa shape index (κ3) is 3.93. The molecule has 38 heavy (non-hydrogen) atoms. The molecule has 0 aliphatic heterocycles. The van der Waals surface area contributed by atoms with Crippen molar-refractivity contribution in [3.8, 4) is 22.3 Å². The lowest BCUT2D eigenvalue weighted by atomic mass is 9.99. The van der Waals surface area contributed by atoms with Crippen LogP contribution in [0.15, 0.2) is 152 Å². The maximum Gasteiger partial charge on any atom is 0.0540 e. The molecular weight excluding hydrogens is 460 g/mol. The van der Waals surface area contributed by atoms with E-state index >= 15 is 0 Å². The average molecular weight is 487 g/mol. The van der Waals surface area contributed by atoms with Gasteiger partial charge in [-0.3, -0.25) is 0 Å². The largest absolute Gasteiger partial charge is 0.355 e. The third-order valence-corrected chi connectivity index (χ3v) is 7.21.